The summed E-state index contributed by atoms with van der Waals surface area (Å²) in [6.45, 7) is 3.47. The van der Waals surface area contributed by atoms with Crippen molar-refractivity contribution in [2.24, 2.45) is 0 Å². The molecule has 0 aliphatic rings. The number of Topliss-reactive ketones (excluding diaryl/α,β-unsaturated/α-hetero) is 1. The van der Waals surface area contributed by atoms with Crippen LogP contribution in [0.2, 0.25) is 0 Å². The van der Waals surface area contributed by atoms with Gasteiger partial charge >= 0.3 is 11.9 Å². The molecule has 5 N–H and O–H groups in total. The van der Waals surface area contributed by atoms with Crippen molar-refractivity contribution < 1.29 is 57.9 Å². The number of ketones is 1. The van der Waals surface area contributed by atoms with Gasteiger partial charge in [-0.05, 0) is 26.2 Å². The molecular formula is C36H65N3O12. The van der Waals surface area contributed by atoms with E-state index in [0.29, 0.717) is 32.8 Å². The molecule has 0 saturated heterocycles. The minimum absolute atomic E-state index is 0.00734. The average molecular weight is 732 g/mol. The van der Waals surface area contributed by atoms with E-state index in [9.17, 15) is 33.9 Å². The number of ether oxygens (including phenoxy) is 4. The summed E-state index contributed by atoms with van der Waals surface area (Å²) in [5, 5.41) is 25.9. The number of carbonyl (C=O) groups excluding carboxylic acids is 4. The molecule has 51 heavy (non-hydrogen) atoms. The Labute approximate surface area is 303 Å². The van der Waals surface area contributed by atoms with Gasteiger partial charge in [0.15, 0.2) is 5.78 Å². The second kappa shape index (κ2) is 35.3. The molecule has 0 saturated carbocycles. The first-order valence-electron chi connectivity index (χ1n) is 18.7. The third-order valence-electron chi connectivity index (χ3n) is 7.76. The maximum Gasteiger partial charge on any atom is 0.326 e. The zero-order chi connectivity index (χ0) is 37.8. The predicted molar refractivity (Wildman–Crippen MR) is 190 cm³/mol. The molecule has 0 aliphatic carbocycles. The normalized spacial score (nSPS) is 11.5. The molecule has 15 heteroatoms. The zero-order valence-electron chi connectivity index (χ0n) is 30.9. The fraction of sp³-hybridized carbons (Fsp3) is 0.833. The number of hydrogen-bond acceptors (Lipinski definition) is 10. The second-order valence-electron chi connectivity index (χ2n) is 12.6. The highest BCUT2D eigenvalue weighted by Gasteiger charge is 2.20. The summed E-state index contributed by atoms with van der Waals surface area (Å²) in [7, 11) is 0. The number of amides is 3. The number of hydrogen-bond donors (Lipinski definition) is 5. The molecular weight excluding hydrogens is 666 g/mol. The van der Waals surface area contributed by atoms with Crippen LogP contribution in [0, 0.1) is 0 Å². The van der Waals surface area contributed by atoms with Crippen LogP contribution in [0.1, 0.15) is 122 Å². The average Bonchev–Trinajstić information content (AvgIpc) is 3.08. The molecule has 0 rings (SSSR count). The standard InChI is InChI=1S/C36H65N3O12/c1-30(40)28-50-26-27-51-29-34(43)38-21-23-49-25-24-48-22-20-37-32(41)19-18-31(36(46)47)39-33(42)16-14-12-10-8-6-4-2-3-5-7-9-11-13-15-17-35(44)45/h31H,2-29H2,1H3,(H,37,41)(H,38,43)(H,39,42)(H,44,45)(H,46,47). The second-order valence-corrected chi connectivity index (χ2v) is 12.6. The molecule has 0 bridgehead atoms. The summed E-state index contributed by atoms with van der Waals surface area (Å²) >= 11 is 0. The summed E-state index contributed by atoms with van der Waals surface area (Å²) in [4.78, 5) is 68.9. The Balaban J connectivity index is 3.65. The van der Waals surface area contributed by atoms with Crippen molar-refractivity contribution in [2.75, 3.05) is 65.9 Å². The summed E-state index contributed by atoms with van der Waals surface area (Å²) < 4.78 is 20.9. The van der Waals surface area contributed by atoms with Crippen LogP contribution in [0.3, 0.4) is 0 Å². The van der Waals surface area contributed by atoms with Gasteiger partial charge in [-0.25, -0.2) is 4.79 Å². The van der Waals surface area contributed by atoms with E-state index in [4.69, 9.17) is 24.1 Å². The predicted octanol–water partition coefficient (Wildman–Crippen LogP) is 3.55. The monoisotopic (exact) mass is 731 g/mol. The highest BCUT2D eigenvalue weighted by atomic mass is 16.5. The van der Waals surface area contributed by atoms with Gasteiger partial charge < -0.3 is 45.1 Å². The van der Waals surface area contributed by atoms with E-state index in [0.717, 1.165) is 38.5 Å². The van der Waals surface area contributed by atoms with Crippen LogP contribution < -0.4 is 16.0 Å². The van der Waals surface area contributed by atoms with Crippen LogP contribution in [-0.2, 0) is 47.7 Å². The molecule has 3 amide bonds. The Bertz CT molecular complexity index is 950. The first-order chi connectivity index (χ1) is 24.6. The van der Waals surface area contributed by atoms with Crippen molar-refractivity contribution in [1.29, 1.82) is 0 Å². The van der Waals surface area contributed by atoms with Crippen molar-refractivity contribution in [2.45, 2.75) is 129 Å². The van der Waals surface area contributed by atoms with Gasteiger partial charge in [-0.1, -0.05) is 77.0 Å². The summed E-state index contributed by atoms with van der Waals surface area (Å²) in [5.74, 6) is -2.90. The molecule has 1 unspecified atom stereocenters. The third-order valence-corrected chi connectivity index (χ3v) is 7.76. The molecule has 0 aliphatic heterocycles. The van der Waals surface area contributed by atoms with Crippen LogP contribution >= 0.6 is 0 Å². The van der Waals surface area contributed by atoms with Crippen LogP contribution in [0.5, 0.6) is 0 Å². The van der Waals surface area contributed by atoms with Crippen molar-refractivity contribution in [3.05, 3.63) is 0 Å². The largest absolute Gasteiger partial charge is 0.481 e. The number of rotatable bonds is 38. The minimum Gasteiger partial charge on any atom is -0.481 e. The lowest BCUT2D eigenvalue weighted by molar-refractivity contribution is -0.142. The molecule has 0 aromatic heterocycles. The van der Waals surface area contributed by atoms with Gasteiger partial charge in [-0.3, -0.25) is 24.0 Å². The molecule has 296 valence electrons. The van der Waals surface area contributed by atoms with Crippen LogP contribution in [0.4, 0.5) is 0 Å². The molecule has 0 fully saturated rings. The molecule has 0 radical (unpaired) electrons. The number of carboxylic acids is 2. The quantitative estimate of drug-likeness (QED) is 0.0577. The van der Waals surface area contributed by atoms with Crippen molar-refractivity contribution in [1.82, 2.24) is 16.0 Å². The molecule has 0 spiro atoms. The topological polar surface area (TPSA) is 216 Å². The van der Waals surface area contributed by atoms with E-state index in [-0.39, 0.29) is 88.8 Å². The Morgan fingerprint density at radius 2 is 0.922 bits per heavy atom. The molecule has 0 heterocycles. The Hall–Kier alpha value is -3.14. The van der Waals surface area contributed by atoms with Gasteiger partial charge in [-0.2, -0.15) is 0 Å². The number of aliphatic carboxylic acids is 2. The number of carboxylic acid groups (broad SMARTS) is 2. The molecule has 15 nitrogen and oxygen atoms in total. The first-order valence-corrected chi connectivity index (χ1v) is 18.7. The first kappa shape index (κ1) is 47.9. The van der Waals surface area contributed by atoms with E-state index in [1.165, 1.54) is 51.9 Å². The van der Waals surface area contributed by atoms with Gasteiger partial charge in [0.05, 0.1) is 39.6 Å². The summed E-state index contributed by atoms with van der Waals surface area (Å²) in [6, 6.07) is -1.12. The maximum atomic E-state index is 12.3. The highest BCUT2D eigenvalue weighted by Crippen LogP contribution is 2.14. The SMILES string of the molecule is CC(=O)COCCOCC(=O)NCCOCCOCCNC(=O)CCC(NC(=O)CCCCCCCCCCCCCCCCC(=O)O)C(=O)O. The number of unbranched alkanes of at least 4 members (excludes halogenated alkanes) is 13. The molecule has 0 aromatic rings. The van der Waals surface area contributed by atoms with Crippen LogP contribution in [-0.4, -0.2) is 118 Å². The van der Waals surface area contributed by atoms with Gasteiger partial charge in [0.2, 0.25) is 17.7 Å². The van der Waals surface area contributed by atoms with Crippen molar-refractivity contribution in [3.63, 3.8) is 0 Å². The lowest BCUT2D eigenvalue weighted by Crippen LogP contribution is -2.41. The molecule has 1 atom stereocenters. The highest BCUT2D eigenvalue weighted by molar-refractivity contribution is 5.84. The number of nitrogens with one attached hydrogen (secondary N) is 3. The Kier molecular flexibility index (Phi) is 33.1. The van der Waals surface area contributed by atoms with E-state index in [1.54, 1.807) is 0 Å². The number of carbonyl (C=O) groups is 6. The van der Waals surface area contributed by atoms with Crippen molar-refractivity contribution in [3.8, 4) is 0 Å². The summed E-state index contributed by atoms with van der Waals surface area (Å²) in [6.07, 6.45) is 15.6. The van der Waals surface area contributed by atoms with E-state index >= 15 is 0 Å². The van der Waals surface area contributed by atoms with Gasteiger partial charge in [-0.15, -0.1) is 0 Å². The van der Waals surface area contributed by atoms with Gasteiger partial charge in [0.25, 0.3) is 0 Å². The Morgan fingerprint density at radius 1 is 0.490 bits per heavy atom. The summed E-state index contributed by atoms with van der Waals surface area (Å²) in [5.41, 5.74) is 0. The van der Waals surface area contributed by atoms with Crippen LogP contribution in [0.25, 0.3) is 0 Å². The smallest absolute Gasteiger partial charge is 0.326 e. The van der Waals surface area contributed by atoms with Crippen LogP contribution in [0.15, 0.2) is 0 Å². The lowest BCUT2D eigenvalue weighted by atomic mass is 10.0. The molecule has 0 aromatic carbocycles. The zero-order valence-corrected chi connectivity index (χ0v) is 30.9. The van der Waals surface area contributed by atoms with Crippen molar-refractivity contribution >= 4 is 35.4 Å². The fourth-order valence-electron chi connectivity index (χ4n) is 4.97. The third kappa shape index (κ3) is 36.5. The van der Waals surface area contributed by atoms with E-state index in [1.807, 2.05) is 0 Å². The van der Waals surface area contributed by atoms with E-state index in [2.05, 4.69) is 16.0 Å². The Morgan fingerprint density at radius 3 is 1.39 bits per heavy atom. The van der Waals surface area contributed by atoms with Gasteiger partial charge in [0.1, 0.15) is 19.3 Å². The maximum absolute atomic E-state index is 12.3. The fourth-order valence-corrected chi connectivity index (χ4v) is 4.97. The minimum atomic E-state index is -1.17. The van der Waals surface area contributed by atoms with E-state index < -0.39 is 18.0 Å². The van der Waals surface area contributed by atoms with Gasteiger partial charge in [0, 0.05) is 32.4 Å². The lowest BCUT2D eigenvalue weighted by Gasteiger charge is -2.14.